The van der Waals surface area contributed by atoms with E-state index in [0.717, 1.165) is 54.0 Å². The molecule has 0 aliphatic carbocycles. The first-order chi connectivity index (χ1) is 15.4. The third-order valence-electron chi connectivity index (χ3n) is 6.13. The van der Waals surface area contributed by atoms with Crippen LogP contribution in [0, 0.1) is 5.82 Å². The van der Waals surface area contributed by atoms with Crippen LogP contribution in [0.1, 0.15) is 24.0 Å². The number of aromatic nitrogens is 2. The molecule has 1 unspecified atom stereocenters. The van der Waals surface area contributed by atoms with Crippen LogP contribution in [0.3, 0.4) is 0 Å². The third kappa shape index (κ3) is 3.74. The van der Waals surface area contributed by atoms with E-state index in [9.17, 15) is 4.39 Å². The van der Waals surface area contributed by atoms with E-state index in [0.29, 0.717) is 11.6 Å². The Hall–Kier alpha value is -2.94. The molecule has 3 heterocycles. The maximum absolute atomic E-state index is 13.8. The minimum atomic E-state index is -1.20. The molecule has 32 heavy (non-hydrogen) atoms. The molecule has 3 aromatic rings. The van der Waals surface area contributed by atoms with Crippen molar-refractivity contribution in [3.63, 3.8) is 0 Å². The van der Waals surface area contributed by atoms with E-state index in [1.807, 2.05) is 25.5 Å². The molecule has 7 nitrogen and oxygen atoms in total. The second kappa shape index (κ2) is 8.20. The Morgan fingerprint density at radius 2 is 2.06 bits per heavy atom. The van der Waals surface area contributed by atoms with Gasteiger partial charge in [-0.2, -0.15) is 5.10 Å². The molecular formula is C23H25ClFN7. The predicted octanol–water partition coefficient (Wildman–Crippen LogP) is 3.66. The van der Waals surface area contributed by atoms with Crippen LogP contribution < -0.4 is 21.7 Å². The molecule has 0 bridgehead atoms. The van der Waals surface area contributed by atoms with E-state index in [1.165, 1.54) is 12.1 Å². The lowest BCUT2D eigenvalue weighted by atomic mass is 9.87. The lowest BCUT2D eigenvalue weighted by Gasteiger charge is -2.33. The molecule has 1 saturated heterocycles. The number of fused-ring (bicyclic) bond motifs is 1. The maximum Gasteiger partial charge on any atom is 0.163 e. The van der Waals surface area contributed by atoms with Gasteiger partial charge < -0.3 is 16.0 Å². The first-order valence-corrected chi connectivity index (χ1v) is 11.0. The van der Waals surface area contributed by atoms with Crippen molar-refractivity contribution in [1.29, 1.82) is 0 Å². The number of hydrogen-bond donors (Lipinski definition) is 4. The van der Waals surface area contributed by atoms with Gasteiger partial charge in [-0.05, 0) is 50.2 Å². The van der Waals surface area contributed by atoms with Crippen LogP contribution in [0.2, 0.25) is 5.02 Å². The summed E-state index contributed by atoms with van der Waals surface area (Å²) in [6, 6.07) is 8.94. The van der Waals surface area contributed by atoms with Crippen LogP contribution in [-0.4, -0.2) is 35.3 Å². The van der Waals surface area contributed by atoms with Gasteiger partial charge in [-0.3, -0.25) is 10.4 Å². The first-order valence-electron chi connectivity index (χ1n) is 10.6. The fourth-order valence-corrected chi connectivity index (χ4v) is 4.56. The van der Waals surface area contributed by atoms with Gasteiger partial charge in [0.25, 0.3) is 0 Å². The number of benzene rings is 2. The van der Waals surface area contributed by atoms with Crippen molar-refractivity contribution in [2.24, 2.45) is 17.8 Å². The number of nitrogens with two attached hydrogens (primary N) is 1. The smallest absolute Gasteiger partial charge is 0.163 e. The zero-order valence-electron chi connectivity index (χ0n) is 17.7. The number of halogens is 2. The van der Waals surface area contributed by atoms with Gasteiger partial charge in [-0.1, -0.05) is 17.7 Å². The summed E-state index contributed by atoms with van der Waals surface area (Å²) >= 11 is 6.06. The van der Waals surface area contributed by atoms with Crippen LogP contribution in [0.4, 0.5) is 15.8 Å². The number of rotatable bonds is 4. The fourth-order valence-electron chi connectivity index (χ4n) is 4.38. The predicted molar refractivity (Wildman–Crippen MR) is 127 cm³/mol. The van der Waals surface area contributed by atoms with Crippen LogP contribution in [0.15, 0.2) is 47.7 Å². The topological polar surface area (TPSA) is 92.3 Å². The number of nitrogens with zero attached hydrogens (tertiary/aromatic N) is 3. The van der Waals surface area contributed by atoms with E-state index in [-0.39, 0.29) is 5.02 Å². The largest absolute Gasteiger partial charge is 0.382 e. The highest BCUT2D eigenvalue weighted by Gasteiger charge is 2.35. The molecule has 166 valence electrons. The third-order valence-corrected chi connectivity index (χ3v) is 6.42. The Kier molecular flexibility index (Phi) is 5.36. The molecule has 2 aliphatic rings. The molecule has 0 amide bonds. The van der Waals surface area contributed by atoms with Crippen molar-refractivity contribution in [2.75, 3.05) is 23.7 Å². The van der Waals surface area contributed by atoms with Crippen molar-refractivity contribution in [2.45, 2.75) is 24.5 Å². The molecule has 1 fully saturated rings. The van der Waals surface area contributed by atoms with Crippen LogP contribution in [0.5, 0.6) is 0 Å². The molecule has 1 aromatic heterocycles. The minimum absolute atomic E-state index is 0.0163. The lowest BCUT2D eigenvalue weighted by molar-refractivity contribution is 0.479. The molecule has 5 N–H and O–H groups in total. The summed E-state index contributed by atoms with van der Waals surface area (Å²) in [5.74, 6) is -0.489. The second-order valence-corrected chi connectivity index (χ2v) is 8.72. The van der Waals surface area contributed by atoms with Gasteiger partial charge >= 0.3 is 0 Å². The van der Waals surface area contributed by atoms with Gasteiger partial charge in [0.2, 0.25) is 0 Å². The average molecular weight is 454 g/mol. The molecule has 1 atom stereocenters. The zero-order chi connectivity index (χ0) is 22.3. The summed E-state index contributed by atoms with van der Waals surface area (Å²) in [4.78, 5) is 4.54. The van der Waals surface area contributed by atoms with Crippen molar-refractivity contribution >= 4 is 29.3 Å². The Balaban J connectivity index is 1.64. The highest BCUT2D eigenvalue weighted by atomic mass is 35.5. The minimum Gasteiger partial charge on any atom is -0.382 e. The number of piperidine rings is 1. The molecular weight excluding hydrogens is 429 g/mol. The van der Waals surface area contributed by atoms with Gasteiger partial charge in [0, 0.05) is 52.9 Å². The van der Waals surface area contributed by atoms with Gasteiger partial charge in [-0.25, -0.2) is 9.38 Å². The summed E-state index contributed by atoms with van der Waals surface area (Å²) in [6.45, 7) is 1.96. The standard InChI is InChI=1S/C23H25ClFN7/c1-32-12-14(11-30-32)17-9-22-18(10-21(17)31-16-4-6-27-7-5-16)23(26,29-13-28-22)15-2-3-20(25)19(24)8-15/h2-3,8-13,16,27,31H,4-7,26H2,1H3,(H,28,29). The molecule has 2 aromatic carbocycles. The quantitative estimate of drug-likeness (QED) is 0.484. The second-order valence-electron chi connectivity index (χ2n) is 8.31. The SMILES string of the molecule is Cn1cc(-c2cc3c(cc2NC2CCNCC2)C(N)(c2ccc(F)c(Cl)c2)N=CN3)cn1. The molecule has 9 heteroatoms. The summed E-state index contributed by atoms with van der Waals surface area (Å²) < 4.78 is 15.6. The summed E-state index contributed by atoms with van der Waals surface area (Å²) in [7, 11) is 1.90. The molecule has 0 radical (unpaired) electrons. The highest BCUT2D eigenvalue weighted by molar-refractivity contribution is 6.30. The Bertz CT molecular complexity index is 1190. The molecule has 5 rings (SSSR count). The fraction of sp³-hybridized carbons (Fsp3) is 0.304. The van der Waals surface area contributed by atoms with Gasteiger partial charge in [0.1, 0.15) is 5.82 Å². The molecule has 2 aliphatic heterocycles. The van der Waals surface area contributed by atoms with E-state index in [1.54, 1.807) is 17.1 Å². The molecule has 0 spiro atoms. The zero-order valence-corrected chi connectivity index (χ0v) is 18.5. The van der Waals surface area contributed by atoms with Crippen LogP contribution >= 0.6 is 11.6 Å². The van der Waals surface area contributed by atoms with Crippen LogP contribution in [0.25, 0.3) is 11.1 Å². The van der Waals surface area contributed by atoms with E-state index in [2.05, 4.69) is 32.1 Å². The van der Waals surface area contributed by atoms with Crippen molar-refractivity contribution in [1.82, 2.24) is 15.1 Å². The highest BCUT2D eigenvalue weighted by Crippen LogP contribution is 2.42. The van der Waals surface area contributed by atoms with Crippen molar-refractivity contribution < 1.29 is 4.39 Å². The molecule has 0 saturated carbocycles. The Labute approximate surface area is 190 Å². The maximum atomic E-state index is 13.8. The van der Waals surface area contributed by atoms with E-state index in [4.69, 9.17) is 17.3 Å². The summed E-state index contributed by atoms with van der Waals surface area (Å²) in [6.07, 6.45) is 7.47. The van der Waals surface area contributed by atoms with E-state index < -0.39 is 11.5 Å². The number of nitrogens with one attached hydrogen (secondary N) is 3. The summed E-state index contributed by atoms with van der Waals surface area (Å²) in [5, 5.41) is 14.7. The summed E-state index contributed by atoms with van der Waals surface area (Å²) in [5.41, 5.74) is 10.9. The normalized spacial score (nSPS) is 20.6. The number of aliphatic imine (C=N–C) groups is 1. The van der Waals surface area contributed by atoms with Gasteiger partial charge in [-0.15, -0.1) is 0 Å². The average Bonchev–Trinajstić information content (AvgIpc) is 3.22. The van der Waals surface area contributed by atoms with Gasteiger partial charge in [0.05, 0.1) is 17.6 Å². The van der Waals surface area contributed by atoms with Crippen molar-refractivity contribution in [3.05, 3.63) is 64.7 Å². The Morgan fingerprint density at radius 3 is 2.78 bits per heavy atom. The van der Waals surface area contributed by atoms with E-state index >= 15 is 0 Å². The Morgan fingerprint density at radius 1 is 1.25 bits per heavy atom. The van der Waals surface area contributed by atoms with Crippen molar-refractivity contribution in [3.8, 4) is 11.1 Å². The first kappa shape index (κ1) is 20.9. The van der Waals surface area contributed by atoms with Crippen LogP contribution in [-0.2, 0) is 12.7 Å². The number of aryl methyl sites for hydroxylation is 1. The number of anilines is 2. The van der Waals surface area contributed by atoms with Gasteiger partial charge in [0.15, 0.2) is 5.66 Å². The lowest BCUT2D eigenvalue weighted by Crippen LogP contribution is -2.40. The number of hydrogen-bond acceptors (Lipinski definition) is 6. The monoisotopic (exact) mass is 453 g/mol.